The number of hydrogen-bond donors (Lipinski definition) is 0. The molecule has 0 aliphatic heterocycles. The molecule has 0 radical (unpaired) electrons. The second-order valence-corrected chi connectivity index (χ2v) is 21.7. The molecule has 390 valence electrons. The molecular formula is C76H56N6. The largest absolute Gasteiger partial charge is 0.310 e. The molecule has 6 heteroatoms. The molecule has 15 aromatic rings. The zero-order chi connectivity index (χ0) is 55.0. The maximum absolute atomic E-state index is 5.17. The summed E-state index contributed by atoms with van der Waals surface area (Å²) in [5.41, 5.74) is 24.8. The predicted molar refractivity (Wildman–Crippen MR) is 345 cm³/mol. The van der Waals surface area contributed by atoms with Crippen LogP contribution < -0.4 is 9.80 Å². The van der Waals surface area contributed by atoms with E-state index in [1.807, 2.05) is 12.4 Å². The van der Waals surface area contributed by atoms with E-state index in [-0.39, 0.29) is 0 Å². The standard InChI is InChI=1S/C76H56N6/c1-49-41-73(81-69-31-19-17-29-63(69)67-45-61(35-37-71(67)81)79(57-21-9-5-10-22-57)58-23-11-6-12-24-58)51(3)39-65(49)55-43-53-33-34-54-44-56(48-78-76(54)75(53)77-47-55)66-40-52(4)74(42-50(66)2)82-70-32-20-18-30-64(70)68-46-62(36-38-72(68)82)80(59-25-13-7-14-26-59)60-27-15-8-16-28-60/h5-48H,1-4H3. The van der Waals surface area contributed by atoms with Crippen molar-refractivity contribution in [3.05, 3.63) is 289 Å². The first kappa shape index (κ1) is 48.6. The molecule has 0 amide bonds. The fraction of sp³-hybridized carbons (Fsp3) is 0.0526. The van der Waals surface area contributed by atoms with Crippen LogP contribution in [0.4, 0.5) is 34.1 Å². The molecule has 0 N–H and O–H groups in total. The predicted octanol–water partition coefficient (Wildman–Crippen LogP) is 20.5. The molecule has 0 aliphatic rings. The Balaban J connectivity index is 0.749. The van der Waals surface area contributed by atoms with E-state index in [0.717, 1.165) is 67.1 Å². The Morgan fingerprint density at radius 1 is 0.280 bits per heavy atom. The highest BCUT2D eigenvalue weighted by Gasteiger charge is 2.22. The summed E-state index contributed by atoms with van der Waals surface area (Å²) in [5.74, 6) is 0. The number of rotatable bonds is 10. The van der Waals surface area contributed by atoms with E-state index in [1.165, 1.54) is 88.4 Å². The van der Waals surface area contributed by atoms with E-state index in [1.54, 1.807) is 0 Å². The molecular weight excluding hydrogens is 997 g/mol. The molecule has 0 saturated carbocycles. The molecule has 15 rings (SSSR count). The molecule has 0 bridgehead atoms. The maximum atomic E-state index is 5.17. The minimum atomic E-state index is 0.898. The lowest BCUT2D eigenvalue weighted by atomic mass is 9.95. The average molecular weight is 1050 g/mol. The minimum Gasteiger partial charge on any atom is -0.310 e. The Kier molecular flexibility index (Phi) is 11.6. The third-order valence-corrected chi connectivity index (χ3v) is 16.6. The van der Waals surface area contributed by atoms with Crippen LogP contribution in [0.3, 0.4) is 0 Å². The van der Waals surface area contributed by atoms with Gasteiger partial charge in [-0.3, -0.25) is 9.97 Å². The highest BCUT2D eigenvalue weighted by Crippen LogP contribution is 2.44. The Hall–Kier alpha value is -10.6. The van der Waals surface area contributed by atoms with Crippen molar-refractivity contribution >= 4 is 99.5 Å². The molecule has 0 saturated heterocycles. The lowest BCUT2D eigenvalue weighted by Gasteiger charge is -2.25. The molecule has 4 aromatic heterocycles. The quantitative estimate of drug-likeness (QED) is 0.128. The highest BCUT2D eigenvalue weighted by molar-refractivity contribution is 6.12. The lowest BCUT2D eigenvalue weighted by Crippen LogP contribution is -2.09. The lowest BCUT2D eigenvalue weighted by molar-refractivity contribution is 1.14. The average Bonchev–Trinajstić information content (AvgIpc) is 4.25. The number of hydrogen-bond acceptors (Lipinski definition) is 4. The monoisotopic (exact) mass is 1050 g/mol. The van der Waals surface area contributed by atoms with E-state index in [2.05, 4.69) is 301 Å². The van der Waals surface area contributed by atoms with Gasteiger partial charge < -0.3 is 18.9 Å². The third-order valence-electron chi connectivity index (χ3n) is 16.6. The van der Waals surface area contributed by atoms with Gasteiger partial charge in [-0.1, -0.05) is 121 Å². The normalized spacial score (nSPS) is 11.7. The summed E-state index contributed by atoms with van der Waals surface area (Å²) in [6.07, 6.45) is 4.05. The SMILES string of the molecule is Cc1cc(-n2c3ccccc3c3cc(N(c4ccccc4)c4ccccc4)ccc32)c(C)cc1-c1cnc2c(ccc3cc(-c4cc(C)c(-n5c6ccccc6c6cc(N(c7ccccc7)c7ccccc7)ccc65)cc4C)cnc32)c1. The van der Waals surface area contributed by atoms with Crippen LogP contribution in [0.15, 0.2) is 267 Å². The summed E-state index contributed by atoms with van der Waals surface area (Å²) in [5, 5.41) is 6.98. The van der Waals surface area contributed by atoms with Gasteiger partial charge in [-0.25, -0.2) is 0 Å². The molecule has 82 heavy (non-hydrogen) atoms. The van der Waals surface area contributed by atoms with Gasteiger partial charge in [0.1, 0.15) is 0 Å². The maximum Gasteiger partial charge on any atom is 0.0965 e. The second-order valence-electron chi connectivity index (χ2n) is 21.7. The number of para-hydroxylation sites is 6. The number of aromatic nitrogens is 4. The van der Waals surface area contributed by atoms with Crippen molar-refractivity contribution in [2.75, 3.05) is 9.80 Å². The van der Waals surface area contributed by atoms with Crippen LogP contribution >= 0.6 is 0 Å². The van der Waals surface area contributed by atoms with Gasteiger partial charge in [-0.15, -0.1) is 0 Å². The molecule has 11 aromatic carbocycles. The fourth-order valence-electron chi connectivity index (χ4n) is 12.7. The van der Waals surface area contributed by atoms with Gasteiger partial charge in [0.05, 0.1) is 33.1 Å². The van der Waals surface area contributed by atoms with Gasteiger partial charge in [0.15, 0.2) is 0 Å². The molecule has 4 heterocycles. The zero-order valence-electron chi connectivity index (χ0n) is 46.1. The Bertz CT molecular complexity index is 4570. The molecule has 0 unspecified atom stereocenters. The van der Waals surface area contributed by atoms with Gasteiger partial charge in [0.25, 0.3) is 0 Å². The van der Waals surface area contributed by atoms with Crippen LogP contribution in [0.25, 0.3) is 99.0 Å². The third kappa shape index (κ3) is 8.10. The molecule has 0 spiro atoms. The van der Waals surface area contributed by atoms with Crippen molar-refractivity contribution in [2.24, 2.45) is 0 Å². The summed E-state index contributed by atoms with van der Waals surface area (Å²) in [4.78, 5) is 15.0. The van der Waals surface area contributed by atoms with E-state index in [0.29, 0.717) is 0 Å². The summed E-state index contributed by atoms with van der Waals surface area (Å²) >= 11 is 0. The van der Waals surface area contributed by atoms with Crippen molar-refractivity contribution in [2.45, 2.75) is 27.7 Å². The summed E-state index contributed by atoms with van der Waals surface area (Å²) in [6, 6.07) is 92.1. The van der Waals surface area contributed by atoms with Crippen molar-refractivity contribution in [1.82, 2.24) is 19.1 Å². The number of anilines is 6. The van der Waals surface area contributed by atoms with Crippen molar-refractivity contribution in [1.29, 1.82) is 0 Å². The van der Waals surface area contributed by atoms with Crippen molar-refractivity contribution < 1.29 is 0 Å². The number of nitrogens with zero attached hydrogens (tertiary/aromatic N) is 6. The number of fused-ring (bicyclic) bond motifs is 9. The van der Waals surface area contributed by atoms with Gasteiger partial charge in [-0.05, 0) is 195 Å². The van der Waals surface area contributed by atoms with Gasteiger partial charge in [0, 0.05) is 101 Å². The van der Waals surface area contributed by atoms with Crippen LogP contribution in [0.2, 0.25) is 0 Å². The van der Waals surface area contributed by atoms with Gasteiger partial charge in [0.2, 0.25) is 0 Å². The van der Waals surface area contributed by atoms with E-state index in [9.17, 15) is 0 Å². The molecule has 0 atom stereocenters. The molecule has 6 nitrogen and oxygen atoms in total. The topological polar surface area (TPSA) is 42.1 Å². The van der Waals surface area contributed by atoms with Crippen molar-refractivity contribution in [3.8, 4) is 33.6 Å². The van der Waals surface area contributed by atoms with Crippen LogP contribution in [-0.2, 0) is 0 Å². The smallest absolute Gasteiger partial charge is 0.0965 e. The first-order chi connectivity index (χ1) is 40.3. The van der Waals surface area contributed by atoms with E-state index >= 15 is 0 Å². The minimum absolute atomic E-state index is 0.898. The number of pyridine rings is 2. The van der Waals surface area contributed by atoms with Gasteiger partial charge >= 0.3 is 0 Å². The number of aryl methyl sites for hydroxylation is 4. The Labute approximate surface area is 476 Å². The van der Waals surface area contributed by atoms with Crippen LogP contribution in [-0.4, -0.2) is 19.1 Å². The molecule has 0 fully saturated rings. The summed E-state index contributed by atoms with van der Waals surface area (Å²) < 4.78 is 4.87. The Morgan fingerprint density at radius 3 is 1.00 bits per heavy atom. The number of benzene rings is 11. The summed E-state index contributed by atoms with van der Waals surface area (Å²) in [6.45, 7) is 8.90. The fourth-order valence-corrected chi connectivity index (χ4v) is 12.7. The van der Waals surface area contributed by atoms with E-state index < -0.39 is 0 Å². The summed E-state index contributed by atoms with van der Waals surface area (Å²) in [7, 11) is 0. The highest BCUT2D eigenvalue weighted by atomic mass is 15.1. The molecule has 0 aliphatic carbocycles. The second kappa shape index (κ2) is 19.7. The van der Waals surface area contributed by atoms with Crippen LogP contribution in [0.5, 0.6) is 0 Å². The first-order valence-corrected chi connectivity index (χ1v) is 28.1. The zero-order valence-corrected chi connectivity index (χ0v) is 46.1. The Morgan fingerprint density at radius 2 is 0.622 bits per heavy atom. The van der Waals surface area contributed by atoms with E-state index in [4.69, 9.17) is 9.97 Å². The van der Waals surface area contributed by atoms with Gasteiger partial charge in [-0.2, -0.15) is 0 Å². The van der Waals surface area contributed by atoms with Crippen LogP contribution in [0, 0.1) is 27.7 Å². The van der Waals surface area contributed by atoms with Crippen molar-refractivity contribution in [3.63, 3.8) is 0 Å². The first-order valence-electron chi connectivity index (χ1n) is 28.1. The van der Waals surface area contributed by atoms with Crippen LogP contribution in [0.1, 0.15) is 22.3 Å².